The lowest BCUT2D eigenvalue weighted by Gasteiger charge is -2.13. The fourth-order valence-electron chi connectivity index (χ4n) is 1.45. The molecule has 1 unspecified atom stereocenters. The molecule has 21 heavy (non-hydrogen) atoms. The number of para-hydroxylation sites is 2. The van der Waals surface area contributed by atoms with Crippen molar-refractivity contribution in [2.45, 2.75) is 6.04 Å². The molecule has 0 fully saturated rings. The van der Waals surface area contributed by atoms with Crippen molar-refractivity contribution in [1.29, 1.82) is 0 Å². The van der Waals surface area contributed by atoms with Gasteiger partial charge in [0.15, 0.2) is 18.4 Å². The van der Waals surface area contributed by atoms with E-state index in [1.54, 1.807) is 0 Å². The van der Waals surface area contributed by atoms with Gasteiger partial charge in [0.2, 0.25) is 0 Å². The SMILES string of the molecule is COCC(NC(=O)COc1ccccc1[N+](=O)[O-])C(=O)O. The van der Waals surface area contributed by atoms with Gasteiger partial charge in [-0.25, -0.2) is 4.79 Å². The first kappa shape index (κ1) is 16.4. The molecule has 9 heteroatoms. The number of ether oxygens (including phenoxy) is 2. The number of aliphatic carboxylic acids is 1. The molecular weight excluding hydrogens is 284 g/mol. The van der Waals surface area contributed by atoms with Crippen LogP contribution >= 0.6 is 0 Å². The van der Waals surface area contributed by atoms with Crippen molar-refractivity contribution in [2.75, 3.05) is 20.3 Å². The minimum absolute atomic E-state index is 0.0729. The summed E-state index contributed by atoms with van der Waals surface area (Å²) in [7, 11) is 1.30. The average Bonchev–Trinajstić information content (AvgIpc) is 2.44. The van der Waals surface area contributed by atoms with E-state index in [0.29, 0.717) is 0 Å². The van der Waals surface area contributed by atoms with Crippen LogP contribution in [0, 0.1) is 10.1 Å². The first-order valence-electron chi connectivity index (χ1n) is 5.83. The summed E-state index contributed by atoms with van der Waals surface area (Å²) in [4.78, 5) is 32.5. The maximum absolute atomic E-state index is 11.6. The number of rotatable bonds is 8. The van der Waals surface area contributed by atoms with Crippen molar-refractivity contribution in [3.63, 3.8) is 0 Å². The lowest BCUT2D eigenvalue weighted by Crippen LogP contribution is -2.45. The molecule has 0 aliphatic rings. The predicted molar refractivity (Wildman–Crippen MR) is 70.0 cm³/mol. The van der Waals surface area contributed by atoms with Crippen LogP contribution in [-0.2, 0) is 14.3 Å². The molecule has 0 bridgehead atoms. The van der Waals surface area contributed by atoms with Gasteiger partial charge in [-0.2, -0.15) is 0 Å². The molecule has 0 radical (unpaired) electrons. The number of methoxy groups -OCH3 is 1. The molecule has 0 spiro atoms. The van der Waals surface area contributed by atoms with Crippen LogP contribution in [0.4, 0.5) is 5.69 Å². The fourth-order valence-corrected chi connectivity index (χ4v) is 1.45. The Morgan fingerprint density at radius 3 is 2.67 bits per heavy atom. The lowest BCUT2D eigenvalue weighted by atomic mass is 10.3. The van der Waals surface area contributed by atoms with Crippen LogP contribution in [0.5, 0.6) is 5.75 Å². The summed E-state index contributed by atoms with van der Waals surface area (Å²) in [5.74, 6) is -2.05. The smallest absolute Gasteiger partial charge is 0.328 e. The van der Waals surface area contributed by atoms with Crippen LogP contribution < -0.4 is 10.1 Å². The van der Waals surface area contributed by atoms with E-state index in [9.17, 15) is 19.7 Å². The summed E-state index contributed by atoms with van der Waals surface area (Å²) >= 11 is 0. The van der Waals surface area contributed by atoms with Crippen LogP contribution in [0.3, 0.4) is 0 Å². The monoisotopic (exact) mass is 298 g/mol. The van der Waals surface area contributed by atoms with Gasteiger partial charge in [0.05, 0.1) is 11.5 Å². The Bertz CT molecular complexity index is 532. The average molecular weight is 298 g/mol. The highest BCUT2D eigenvalue weighted by Gasteiger charge is 2.21. The van der Waals surface area contributed by atoms with E-state index in [-0.39, 0.29) is 18.0 Å². The summed E-state index contributed by atoms with van der Waals surface area (Å²) in [6.45, 7) is -0.745. The van der Waals surface area contributed by atoms with Crippen molar-refractivity contribution in [2.24, 2.45) is 0 Å². The number of hydrogen-bond donors (Lipinski definition) is 2. The van der Waals surface area contributed by atoms with E-state index < -0.39 is 29.4 Å². The normalized spacial score (nSPS) is 11.5. The highest BCUT2D eigenvalue weighted by Crippen LogP contribution is 2.25. The van der Waals surface area contributed by atoms with Gasteiger partial charge in [-0.05, 0) is 6.07 Å². The lowest BCUT2D eigenvalue weighted by molar-refractivity contribution is -0.385. The molecule has 1 aromatic carbocycles. The van der Waals surface area contributed by atoms with Crippen molar-refractivity contribution in [3.05, 3.63) is 34.4 Å². The van der Waals surface area contributed by atoms with Gasteiger partial charge in [-0.15, -0.1) is 0 Å². The summed E-state index contributed by atoms with van der Waals surface area (Å²) in [5.41, 5.74) is -0.281. The quantitative estimate of drug-likeness (QED) is 0.517. The molecule has 1 aromatic rings. The zero-order valence-electron chi connectivity index (χ0n) is 11.1. The first-order chi connectivity index (χ1) is 9.95. The largest absolute Gasteiger partial charge is 0.480 e. The van der Waals surface area contributed by atoms with Gasteiger partial charge >= 0.3 is 11.7 Å². The van der Waals surface area contributed by atoms with Crippen molar-refractivity contribution < 1.29 is 29.1 Å². The Morgan fingerprint density at radius 2 is 2.10 bits per heavy atom. The molecule has 0 aliphatic carbocycles. The third-order valence-corrected chi connectivity index (χ3v) is 2.39. The molecule has 1 amide bonds. The maximum Gasteiger partial charge on any atom is 0.328 e. The number of carboxylic acids is 1. The molecule has 2 N–H and O–H groups in total. The van der Waals surface area contributed by atoms with Crippen molar-refractivity contribution in [3.8, 4) is 5.75 Å². The van der Waals surface area contributed by atoms with E-state index in [0.717, 1.165) is 0 Å². The summed E-state index contributed by atoms with van der Waals surface area (Å²) in [6, 6.07) is 4.35. The number of carbonyl (C=O) groups excluding carboxylic acids is 1. The molecule has 1 atom stereocenters. The van der Waals surface area contributed by atoms with Crippen LogP contribution in [0.25, 0.3) is 0 Å². The third-order valence-electron chi connectivity index (χ3n) is 2.39. The summed E-state index contributed by atoms with van der Waals surface area (Å²) in [6.07, 6.45) is 0. The van der Waals surface area contributed by atoms with Gasteiger partial charge in [-0.3, -0.25) is 14.9 Å². The number of hydrogen-bond acceptors (Lipinski definition) is 6. The summed E-state index contributed by atoms with van der Waals surface area (Å²) < 4.78 is 9.69. The summed E-state index contributed by atoms with van der Waals surface area (Å²) in [5, 5.41) is 21.8. The topological polar surface area (TPSA) is 128 Å². The number of benzene rings is 1. The predicted octanol–water partition coefficient (Wildman–Crippen LogP) is 0.189. The van der Waals surface area contributed by atoms with Crippen LogP contribution in [0.15, 0.2) is 24.3 Å². The van der Waals surface area contributed by atoms with E-state index in [1.165, 1.54) is 31.4 Å². The number of nitro benzene ring substituents is 1. The van der Waals surface area contributed by atoms with E-state index >= 15 is 0 Å². The Kier molecular flexibility index (Phi) is 6.08. The van der Waals surface area contributed by atoms with Gasteiger partial charge in [0.25, 0.3) is 5.91 Å². The Balaban J connectivity index is 2.61. The molecular formula is C12H14N2O7. The van der Waals surface area contributed by atoms with Crippen LogP contribution in [0.2, 0.25) is 0 Å². The molecule has 9 nitrogen and oxygen atoms in total. The molecule has 0 saturated heterocycles. The standard InChI is InChI=1S/C12H14N2O7/c1-20-6-8(12(16)17)13-11(15)7-21-10-5-3-2-4-9(10)14(18)19/h2-5,8H,6-7H2,1H3,(H,13,15)(H,16,17). The van der Waals surface area contributed by atoms with E-state index in [4.69, 9.17) is 9.84 Å². The number of nitrogens with one attached hydrogen (secondary N) is 1. The third kappa shape index (κ3) is 5.07. The van der Waals surface area contributed by atoms with Gasteiger partial charge in [0, 0.05) is 13.2 Å². The van der Waals surface area contributed by atoms with Gasteiger partial charge in [0.1, 0.15) is 0 Å². The number of nitrogens with zero attached hydrogens (tertiary/aromatic N) is 1. The number of carbonyl (C=O) groups is 2. The van der Waals surface area contributed by atoms with Crippen molar-refractivity contribution in [1.82, 2.24) is 5.32 Å². The molecule has 0 saturated carbocycles. The molecule has 0 aromatic heterocycles. The van der Waals surface area contributed by atoms with Gasteiger partial charge < -0.3 is 19.9 Å². The molecule has 0 aliphatic heterocycles. The minimum Gasteiger partial charge on any atom is -0.480 e. The van der Waals surface area contributed by atoms with Gasteiger partial charge in [-0.1, -0.05) is 12.1 Å². The Hall–Kier alpha value is -2.68. The zero-order chi connectivity index (χ0) is 15.8. The second-order valence-corrected chi connectivity index (χ2v) is 3.93. The minimum atomic E-state index is -1.25. The number of amides is 1. The van der Waals surface area contributed by atoms with Crippen LogP contribution in [0.1, 0.15) is 0 Å². The second kappa shape index (κ2) is 7.80. The Morgan fingerprint density at radius 1 is 1.43 bits per heavy atom. The first-order valence-corrected chi connectivity index (χ1v) is 5.83. The van der Waals surface area contributed by atoms with Crippen molar-refractivity contribution >= 4 is 17.6 Å². The highest BCUT2D eigenvalue weighted by molar-refractivity contribution is 5.84. The number of nitro groups is 1. The number of carboxylic acid groups (broad SMARTS) is 1. The zero-order valence-corrected chi connectivity index (χ0v) is 11.1. The Labute approximate surface area is 119 Å². The van der Waals surface area contributed by atoms with Crippen LogP contribution in [-0.4, -0.2) is 48.3 Å². The van der Waals surface area contributed by atoms with E-state index in [1.807, 2.05) is 0 Å². The fraction of sp³-hybridized carbons (Fsp3) is 0.333. The van der Waals surface area contributed by atoms with E-state index in [2.05, 4.69) is 10.1 Å². The maximum atomic E-state index is 11.6. The molecule has 1 rings (SSSR count). The highest BCUT2D eigenvalue weighted by atomic mass is 16.6. The second-order valence-electron chi connectivity index (χ2n) is 3.93. The molecule has 0 heterocycles. The molecule has 114 valence electrons.